The molecule has 66 valence electrons. The number of nitrogens with zero attached hydrogens (tertiary/aromatic N) is 1. The summed E-state index contributed by atoms with van der Waals surface area (Å²) in [5.41, 5.74) is 0.923. The van der Waals surface area contributed by atoms with E-state index in [1.165, 1.54) is 0 Å². The Morgan fingerprint density at radius 3 is 2.67 bits per heavy atom. The number of methoxy groups -OCH3 is 1. The van der Waals surface area contributed by atoms with Crippen LogP contribution in [0.2, 0.25) is 10.2 Å². The van der Waals surface area contributed by atoms with E-state index in [4.69, 9.17) is 27.9 Å². The minimum Gasteiger partial charge on any atom is -0.377 e. The molecule has 0 aliphatic heterocycles. The van der Waals surface area contributed by atoms with Gasteiger partial charge in [0.15, 0.2) is 0 Å². The molecule has 1 atom stereocenters. The molecule has 0 aromatic carbocycles. The normalized spacial score (nSPS) is 13.0. The largest absolute Gasteiger partial charge is 0.377 e. The molecule has 0 aliphatic carbocycles. The van der Waals surface area contributed by atoms with Crippen LogP contribution in [0.1, 0.15) is 18.6 Å². The molecule has 0 aliphatic rings. The quantitative estimate of drug-likeness (QED) is 0.693. The molecule has 0 saturated heterocycles. The molecule has 1 aromatic heterocycles. The summed E-state index contributed by atoms with van der Waals surface area (Å²) >= 11 is 11.4. The number of ether oxygens (including phenoxy) is 1. The summed E-state index contributed by atoms with van der Waals surface area (Å²) in [6.07, 6.45) is 1.65. The average molecular weight is 206 g/mol. The Labute approximate surface area is 81.5 Å². The van der Waals surface area contributed by atoms with Gasteiger partial charge in [0, 0.05) is 18.9 Å². The Morgan fingerprint density at radius 1 is 1.50 bits per heavy atom. The maximum absolute atomic E-state index is 5.76. The highest BCUT2D eigenvalue weighted by Gasteiger charge is 2.06. The third-order valence-electron chi connectivity index (χ3n) is 1.64. The lowest BCUT2D eigenvalue weighted by molar-refractivity contribution is 0.119. The van der Waals surface area contributed by atoms with E-state index in [9.17, 15) is 0 Å². The van der Waals surface area contributed by atoms with Crippen molar-refractivity contribution in [2.45, 2.75) is 13.0 Å². The Kier molecular flexibility index (Phi) is 3.32. The molecule has 12 heavy (non-hydrogen) atoms. The zero-order valence-electron chi connectivity index (χ0n) is 6.84. The van der Waals surface area contributed by atoms with E-state index in [0.29, 0.717) is 10.2 Å². The number of hydrogen-bond acceptors (Lipinski definition) is 2. The topological polar surface area (TPSA) is 22.1 Å². The maximum Gasteiger partial charge on any atom is 0.147 e. The molecule has 1 aromatic rings. The summed E-state index contributed by atoms with van der Waals surface area (Å²) in [6, 6.07) is 1.76. The Hall–Kier alpha value is -0.310. The third-order valence-corrected chi connectivity index (χ3v) is 2.33. The lowest BCUT2D eigenvalue weighted by atomic mass is 10.2. The van der Waals surface area contributed by atoms with Crippen LogP contribution >= 0.6 is 23.2 Å². The Morgan fingerprint density at radius 2 is 2.17 bits per heavy atom. The van der Waals surface area contributed by atoms with Crippen molar-refractivity contribution in [3.63, 3.8) is 0 Å². The minimum atomic E-state index is -0.00716. The molecule has 1 heterocycles. The van der Waals surface area contributed by atoms with E-state index in [1.807, 2.05) is 6.92 Å². The van der Waals surface area contributed by atoms with Gasteiger partial charge >= 0.3 is 0 Å². The average Bonchev–Trinajstić information content (AvgIpc) is 2.08. The van der Waals surface area contributed by atoms with Gasteiger partial charge in [0.25, 0.3) is 0 Å². The fraction of sp³-hybridized carbons (Fsp3) is 0.375. The molecule has 0 amide bonds. The van der Waals surface area contributed by atoms with Crippen molar-refractivity contribution in [3.8, 4) is 0 Å². The summed E-state index contributed by atoms with van der Waals surface area (Å²) < 4.78 is 5.09. The highest BCUT2D eigenvalue weighted by atomic mass is 35.5. The molecule has 1 rings (SSSR count). The van der Waals surface area contributed by atoms with E-state index in [-0.39, 0.29) is 6.10 Å². The molecule has 0 spiro atoms. The van der Waals surface area contributed by atoms with Crippen molar-refractivity contribution >= 4 is 23.2 Å². The zero-order chi connectivity index (χ0) is 9.14. The van der Waals surface area contributed by atoms with Crippen LogP contribution in [-0.2, 0) is 4.74 Å². The second-order valence-corrected chi connectivity index (χ2v) is 3.18. The summed E-state index contributed by atoms with van der Waals surface area (Å²) in [5.74, 6) is 0. The van der Waals surface area contributed by atoms with Gasteiger partial charge in [-0.15, -0.1) is 0 Å². The predicted molar refractivity (Wildman–Crippen MR) is 49.7 cm³/mol. The standard InChI is InChI=1S/C8H9Cl2NO/c1-5(12-2)6-3-7(9)8(10)11-4-6/h3-5H,1-2H3. The number of aromatic nitrogens is 1. The van der Waals surface area contributed by atoms with E-state index in [1.54, 1.807) is 19.4 Å². The summed E-state index contributed by atoms with van der Waals surface area (Å²) in [6.45, 7) is 1.92. The van der Waals surface area contributed by atoms with Crippen molar-refractivity contribution < 1.29 is 4.74 Å². The molecule has 4 heteroatoms. The number of rotatable bonds is 2. The fourth-order valence-corrected chi connectivity index (χ4v) is 1.07. The fourth-order valence-electron chi connectivity index (χ4n) is 0.794. The predicted octanol–water partition coefficient (Wildman–Crippen LogP) is 3.10. The van der Waals surface area contributed by atoms with Crippen LogP contribution in [-0.4, -0.2) is 12.1 Å². The second-order valence-electron chi connectivity index (χ2n) is 2.42. The molecule has 0 fully saturated rings. The van der Waals surface area contributed by atoms with Crippen LogP contribution in [0.3, 0.4) is 0 Å². The van der Waals surface area contributed by atoms with E-state index >= 15 is 0 Å². The van der Waals surface area contributed by atoms with Crippen LogP contribution in [0, 0.1) is 0 Å². The van der Waals surface area contributed by atoms with Gasteiger partial charge < -0.3 is 4.74 Å². The lowest BCUT2D eigenvalue weighted by Gasteiger charge is -2.09. The molecule has 1 unspecified atom stereocenters. The van der Waals surface area contributed by atoms with Gasteiger partial charge in [0.2, 0.25) is 0 Å². The minimum absolute atomic E-state index is 0.00716. The monoisotopic (exact) mass is 205 g/mol. The van der Waals surface area contributed by atoms with Gasteiger partial charge in [-0.3, -0.25) is 0 Å². The van der Waals surface area contributed by atoms with Crippen molar-refractivity contribution in [3.05, 3.63) is 28.0 Å². The van der Waals surface area contributed by atoms with Crippen molar-refractivity contribution in [2.75, 3.05) is 7.11 Å². The smallest absolute Gasteiger partial charge is 0.147 e. The van der Waals surface area contributed by atoms with E-state index < -0.39 is 0 Å². The zero-order valence-corrected chi connectivity index (χ0v) is 8.36. The SMILES string of the molecule is COC(C)c1cnc(Cl)c(Cl)c1. The van der Waals surface area contributed by atoms with Crippen molar-refractivity contribution in [2.24, 2.45) is 0 Å². The van der Waals surface area contributed by atoms with Gasteiger partial charge in [-0.1, -0.05) is 23.2 Å². The molecule has 2 nitrogen and oxygen atoms in total. The number of hydrogen-bond donors (Lipinski definition) is 0. The van der Waals surface area contributed by atoms with Crippen LogP contribution in [0.15, 0.2) is 12.3 Å². The third kappa shape index (κ3) is 2.09. The summed E-state index contributed by atoms with van der Waals surface area (Å²) in [7, 11) is 1.63. The summed E-state index contributed by atoms with van der Waals surface area (Å²) in [4.78, 5) is 3.90. The van der Waals surface area contributed by atoms with Gasteiger partial charge in [0.05, 0.1) is 11.1 Å². The first kappa shape index (κ1) is 9.78. The first-order valence-corrected chi connectivity index (χ1v) is 4.24. The van der Waals surface area contributed by atoms with E-state index in [2.05, 4.69) is 4.98 Å². The molecule has 0 bridgehead atoms. The van der Waals surface area contributed by atoms with Gasteiger partial charge in [0.1, 0.15) is 5.15 Å². The lowest BCUT2D eigenvalue weighted by Crippen LogP contribution is -1.96. The number of pyridine rings is 1. The van der Waals surface area contributed by atoms with Crippen LogP contribution in [0.25, 0.3) is 0 Å². The molecule has 0 N–H and O–H groups in total. The van der Waals surface area contributed by atoms with Crippen LogP contribution in [0.5, 0.6) is 0 Å². The highest BCUT2D eigenvalue weighted by molar-refractivity contribution is 6.41. The van der Waals surface area contributed by atoms with Crippen molar-refractivity contribution in [1.29, 1.82) is 0 Å². The van der Waals surface area contributed by atoms with E-state index in [0.717, 1.165) is 5.56 Å². The highest BCUT2D eigenvalue weighted by Crippen LogP contribution is 2.23. The van der Waals surface area contributed by atoms with Crippen LogP contribution in [0.4, 0.5) is 0 Å². The van der Waals surface area contributed by atoms with Gasteiger partial charge in [-0.05, 0) is 13.0 Å². The first-order valence-electron chi connectivity index (χ1n) is 3.49. The molecular formula is C8H9Cl2NO. The second kappa shape index (κ2) is 4.08. The number of halogens is 2. The Balaban J connectivity index is 2.96. The maximum atomic E-state index is 5.76. The van der Waals surface area contributed by atoms with Gasteiger partial charge in [-0.2, -0.15) is 0 Å². The molecular weight excluding hydrogens is 197 g/mol. The Bertz CT molecular complexity index is 278. The van der Waals surface area contributed by atoms with Crippen LogP contribution < -0.4 is 0 Å². The van der Waals surface area contributed by atoms with Crippen molar-refractivity contribution in [1.82, 2.24) is 4.98 Å². The summed E-state index contributed by atoms with van der Waals surface area (Å²) in [5, 5.41) is 0.779. The molecule has 0 saturated carbocycles. The molecule has 0 radical (unpaired) electrons. The van der Waals surface area contributed by atoms with Gasteiger partial charge in [-0.25, -0.2) is 4.98 Å². The first-order chi connectivity index (χ1) is 5.65.